The molecule has 0 unspecified atom stereocenters. The van der Waals surface area contributed by atoms with Gasteiger partial charge in [-0.3, -0.25) is 4.79 Å². The molecular weight excluding hydrogens is 288 g/mol. The highest BCUT2D eigenvalue weighted by atomic mass is 32.2. The van der Waals surface area contributed by atoms with Crippen LogP contribution in [0.4, 0.5) is 5.69 Å². The van der Waals surface area contributed by atoms with Crippen LogP contribution in [-0.2, 0) is 0 Å². The number of nitrogens with two attached hydrogens (primary N) is 1. The molecule has 3 nitrogen and oxygen atoms in total. The van der Waals surface area contributed by atoms with E-state index < -0.39 is 0 Å². The highest BCUT2D eigenvalue weighted by molar-refractivity contribution is 7.98. The lowest BCUT2D eigenvalue weighted by molar-refractivity contribution is 0.102. The molecule has 20 heavy (non-hydrogen) atoms. The van der Waals surface area contributed by atoms with Crippen molar-refractivity contribution in [3.05, 3.63) is 59.7 Å². The maximum atomic E-state index is 12.3. The van der Waals surface area contributed by atoms with Gasteiger partial charge >= 0.3 is 0 Å². The van der Waals surface area contributed by atoms with E-state index in [9.17, 15) is 4.79 Å². The molecule has 0 aliphatic rings. The minimum absolute atomic E-state index is 0.143. The van der Waals surface area contributed by atoms with E-state index in [1.54, 1.807) is 30.0 Å². The van der Waals surface area contributed by atoms with Crippen LogP contribution in [0.1, 0.15) is 15.9 Å². The molecular formula is C15H14N2OS2. The van der Waals surface area contributed by atoms with E-state index in [-0.39, 0.29) is 5.91 Å². The molecule has 0 atom stereocenters. The van der Waals surface area contributed by atoms with Gasteiger partial charge in [0.15, 0.2) is 0 Å². The zero-order valence-electron chi connectivity index (χ0n) is 10.9. The summed E-state index contributed by atoms with van der Waals surface area (Å²) in [6.07, 6.45) is 1.94. The molecule has 0 radical (unpaired) electrons. The molecule has 0 fully saturated rings. The lowest BCUT2D eigenvalue weighted by Gasteiger charge is -2.09. The number of hydrogen-bond acceptors (Lipinski definition) is 3. The number of carbonyl (C=O) groups is 1. The van der Waals surface area contributed by atoms with Gasteiger partial charge in [0.2, 0.25) is 0 Å². The van der Waals surface area contributed by atoms with Crippen LogP contribution in [0, 0.1) is 0 Å². The summed E-state index contributed by atoms with van der Waals surface area (Å²) in [6, 6.07) is 14.7. The number of anilines is 1. The van der Waals surface area contributed by atoms with Gasteiger partial charge in [0.25, 0.3) is 5.91 Å². The number of hydrogen-bond donors (Lipinski definition) is 2. The Bertz CT molecular complexity index is 656. The maximum Gasteiger partial charge on any atom is 0.256 e. The van der Waals surface area contributed by atoms with Gasteiger partial charge in [0.05, 0.1) is 5.56 Å². The third-order valence-electron chi connectivity index (χ3n) is 2.76. The fourth-order valence-electron chi connectivity index (χ4n) is 1.78. The van der Waals surface area contributed by atoms with E-state index in [2.05, 4.69) is 5.32 Å². The molecule has 0 heterocycles. The van der Waals surface area contributed by atoms with E-state index in [1.807, 2.05) is 36.6 Å². The second-order valence-electron chi connectivity index (χ2n) is 4.10. The fraction of sp³-hybridized carbons (Fsp3) is 0.0667. The summed E-state index contributed by atoms with van der Waals surface area (Å²) in [5, 5.41) is 2.86. The Morgan fingerprint density at radius 2 is 1.95 bits per heavy atom. The number of nitrogens with one attached hydrogen (secondary N) is 1. The first kappa shape index (κ1) is 14.6. The van der Waals surface area contributed by atoms with Crippen molar-refractivity contribution in [1.82, 2.24) is 0 Å². The summed E-state index contributed by atoms with van der Waals surface area (Å²) >= 11 is 6.47. The van der Waals surface area contributed by atoms with Gasteiger partial charge in [0.1, 0.15) is 4.99 Å². The van der Waals surface area contributed by atoms with Crippen LogP contribution in [-0.4, -0.2) is 17.2 Å². The molecule has 0 bridgehead atoms. The molecule has 0 aromatic heterocycles. The second kappa shape index (κ2) is 6.54. The van der Waals surface area contributed by atoms with E-state index in [1.165, 1.54) is 0 Å². The van der Waals surface area contributed by atoms with Gasteiger partial charge in [-0.25, -0.2) is 0 Å². The minimum atomic E-state index is -0.143. The van der Waals surface area contributed by atoms with Gasteiger partial charge in [-0.1, -0.05) is 36.5 Å². The summed E-state index contributed by atoms with van der Waals surface area (Å²) in [4.78, 5) is 13.5. The first-order chi connectivity index (χ1) is 9.61. The Hall–Kier alpha value is -1.85. The number of thioether (sulfide) groups is 1. The Balaban J connectivity index is 2.23. The van der Waals surface area contributed by atoms with Crippen molar-refractivity contribution in [2.45, 2.75) is 4.90 Å². The normalized spacial score (nSPS) is 10.1. The molecule has 0 aliphatic heterocycles. The van der Waals surface area contributed by atoms with Crippen molar-refractivity contribution in [3.8, 4) is 0 Å². The molecule has 2 aromatic rings. The molecule has 0 aliphatic carbocycles. The molecule has 1 amide bonds. The van der Waals surface area contributed by atoms with E-state index >= 15 is 0 Å². The topological polar surface area (TPSA) is 55.1 Å². The lowest BCUT2D eigenvalue weighted by atomic mass is 10.1. The largest absolute Gasteiger partial charge is 0.389 e. The molecule has 0 saturated carbocycles. The average molecular weight is 302 g/mol. The zero-order chi connectivity index (χ0) is 14.5. The Morgan fingerprint density at radius 3 is 2.65 bits per heavy atom. The van der Waals surface area contributed by atoms with Crippen molar-refractivity contribution < 1.29 is 4.79 Å². The molecule has 2 aromatic carbocycles. The Kier molecular flexibility index (Phi) is 4.76. The summed E-state index contributed by atoms with van der Waals surface area (Å²) in [7, 11) is 0. The third-order valence-corrected chi connectivity index (χ3v) is 3.79. The van der Waals surface area contributed by atoms with Crippen molar-refractivity contribution >= 4 is 40.6 Å². The van der Waals surface area contributed by atoms with Gasteiger partial charge < -0.3 is 11.1 Å². The van der Waals surface area contributed by atoms with Gasteiger partial charge in [0, 0.05) is 16.1 Å². The summed E-state index contributed by atoms with van der Waals surface area (Å²) in [5.74, 6) is -0.143. The van der Waals surface area contributed by atoms with Crippen molar-refractivity contribution in [3.63, 3.8) is 0 Å². The number of benzene rings is 2. The zero-order valence-corrected chi connectivity index (χ0v) is 12.6. The molecule has 5 heteroatoms. The quantitative estimate of drug-likeness (QED) is 0.672. The van der Waals surface area contributed by atoms with Crippen molar-refractivity contribution in [1.29, 1.82) is 0 Å². The smallest absolute Gasteiger partial charge is 0.256 e. The number of rotatable bonds is 4. The molecule has 0 spiro atoms. The summed E-state index contributed by atoms with van der Waals surface area (Å²) < 4.78 is 0. The van der Waals surface area contributed by atoms with Crippen LogP contribution >= 0.6 is 24.0 Å². The average Bonchev–Trinajstić information content (AvgIpc) is 2.47. The number of carbonyl (C=O) groups excluding carboxylic acids is 1. The summed E-state index contributed by atoms with van der Waals surface area (Å²) in [6.45, 7) is 0. The highest BCUT2D eigenvalue weighted by Crippen LogP contribution is 2.21. The predicted molar refractivity (Wildman–Crippen MR) is 88.5 cm³/mol. The van der Waals surface area contributed by atoms with E-state index in [0.29, 0.717) is 16.2 Å². The van der Waals surface area contributed by atoms with Crippen LogP contribution < -0.4 is 11.1 Å². The fourth-order valence-corrected chi connectivity index (χ4v) is 2.50. The monoisotopic (exact) mass is 302 g/mol. The highest BCUT2D eigenvalue weighted by Gasteiger charge is 2.10. The minimum Gasteiger partial charge on any atom is -0.389 e. The van der Waals surface area contributed by atoms with Gasteiger partial charge in [-0.15, -0.1) is 11.8 Å². The molecule has 3 N–H and O–H groups in total. The van der Waals surface area contributed by atoms with Crippen LogP contribution in [0.5, 0.6) is 0 Å². The standard InChI is InChI=1S/C15H14N2OS2/c1-20-13-8-3-2-7-12(13)15(18)17-11-6-4-5-10(9-11)14(16)19/h2-9H,1H3,(H2,16,19)(H,17,18). The lowest BCUT2D eigenvalue weighted by Crippen LogP contribution is -2.14. The van der Waals surface area contributed by atoms with E-state index in [4.69, 9.17) is 18.0 Å². The first-order valence-corrected chi connectivity index (χ1v) is 7.59. The molecule has 102 valence electrons. The second-order valence-corrected chi connectivity index (χ2v) is 5.39. The van der Waals surface area contributed by atoms with E-state index in [0.717, 1.165) is 10.5 Å². The van der Waals surface area contributed by atoms with Crippen LogP contribution in [0.3, 0.4) is 0 Å². The van der Waals surface area contributed by atoms with Gasteiger partial charge in [-0.2, -0.15) is 0 Å². The SMILES string of the molecule is CSc1ccccc1C(=O)Nc1cccc(C(N)=S)c1. The maximum absolute atomic E-state index is 12.3. The predicted octanol–water partition coefficient (Wildman–Crippen LogP) is 3.30. The molecule has 2 rings (SSSR count). The number of thiocarbonyl (C=S) groups is 1. The Morgan fingerprint density at radius 1 is 1.20 bits per heavy atom. The Labute approximate surface area is 127 Å². The number of amides is 1. The third kappa shape index (κ3) is 3.37. The van der Waals surface area contributed by atoms with Crippen molar-refractivity contribution in [2.75, 3.05) is 11.6 Å². The van der Waals surface area contributed by atoms with Crippen molar-refractivity contribution in [2.24, 2.45) is 5.73 Å². The van der Waals surface area contributed by atoms with Crippen LogP contribution in [0.2, 0.25) is 0 Å². The molecule has 0 saturated heterocycles. The van der Waals surface area contributed by atoms with Gasteiger partial charge in [-0.05, 0) is 30.5 Å². The summed E-state index contributed by atoms with van der Waals surface area (Å²) in [5.41, 5.74) is 7.65. The van der Waals surface area contributed by atoms with Crippen LogP contribution in [0.25, 0.3) is 0 Å². The first-order valence-electron chi connectivity index (χ1n) is 5.96. The van der Waals surface area contributed by atoms with Crippen LogP contribution in [0.15, 0.2) is 53.4 Å².